The number of likely N-dealkylation sites (N-methyl/N-ethyl adjacent to an activating group) is 1. The highest BCUT2D eigenvalue weighted by Crippen LogP contribution is 2.30. The number of rotatable bonds is 4. The molecular formula is C17H23ClN2O. The Balaban J connectivity index is 0.00000161. The molecule has 0 saturated carbocycles. The molecule has 0 amide bonds. The first-order valence-corrected chi connectivity index (χ1v) is 7.26. The Labute approximate surface area is 132 Å². The predicted molar refractivity (Wildman–Crippen MR) is 90.5 cm³/mol. The van der Waals surface area contributed by atoms with Crippen LogP contribution in [0, 0.1) is 0 Å². The quantitative estimate of drug-likeness (QED) is 0.939. The molecule has 1 heterocycles. The number of methoxy groups -OCH3 is 1. The van der Waals surface area contributed by atoms with Crippen LogP contribution in [0.4, 0.5) is 0 Å². The van der Waals surface area contributed by atoms with Crippen molar-refractivity contribution in [1.82, 2.24) is 10.2 Å². The minimum Gasteiger partial charge on any atom is -0.496 e. The number of hydrogen-bond donors (Lipinski definition) is 1. The van der Waals surface area contributed by atoms with Crippen LogP contribution in [0.3, 0.4) is 0 Å². The fourth-order valence-corrected chi connectivity index (χ4v) is 3.11. The molecule has 0 radical (unpaired) electrons. The summed E-state index contributed by atoms with van der Waals surface area (Å²) in [5.74, 6) is 0.997. The van der Waals surface area contributed by atoms with E-state index in [2.05, 4.69) is 46.6 Å². The van der Waals surface area contributed by atoms with Crippen LogP contribution in [-0.4, -0.2) is 38.2 Å². The molecule has 1 fully saturated rings. The number of fused-ring (bicyclic) bond motifs is 1. The highest BCUT2D eigenvalue weighted by Gasteiger charge is 2.22. The standard InChI is InChI=1S/C17H22N2O.ClH/c1-18-14-9-10-19(11-14)12-16-15-6-4-3-5-13(15)7-8-17(16)20-2;/h3-8,14,18H,9-12H2,1-2H3;1H. The molecule has 114 valence electrons. The zero-order valence-corrected chi connectivity index (χ0v) is 13.5. The molecule has 2 aromatic carbocycles. The third kappa shape index (κ3) is 3.31. The van der Waals surface area contributed by atoms with E-state index >= 15 is 0 Å². The van der Waals surface area contributed by atoms with E-state index in [0.717, 1.165) is 25.4 Å². The average molecular weight is 307 g/mol. The number of hydrogen-bond acceptors (Lipinski definition) is 3. The third-order valence-electron chi connectivity index (χ3n) is 4.28. The SMILES string of the molecule is CNC1CCN(Cc2c(OC)ccc3ccccc23)C1.Cl. The Bertz CT molecular complexity index is 602. The lowest BCUT2D eigenvalue weighted by molar-refractivity contribution is 0.315. The molecule has 21 heavy (non-hydrogen) atoms. The van der Waals surface area contributed by atoms with E-state index in [-0.39, 0.29) is 12.4 Å². The number of nitrogens with zero attached hydrogens (tertiary/aromatic N) is 1. The molecule has 4 heteroatoms. The van der Waals surface area contributed by atoms with Crippen molar-refractivity contribution in [3.8, 4) is 5.75 Å². The maximum Gasteiger partial charge on any atom is 0.123 e. The number of nitrogens with one attached hydrogen (secondary N) is 1. The average Bonchev–Trinajstić information content (AvgIpc) is 2.95. The second-order valence-electron chi connectivity index (χ2n) is 5.48. The fourth-order valence-electron chi connectivity index (χ4n) is 3.11. The first-order valence-electron chi connectivity index (χ1n) is 7.26. The molecule has 0 bridgehead atoms. The highest BCUT2D eigenvalue weighted by molar-refractivity contribution is 5.87. The van der Waals surface area contributed by atoms with Crippen molar-refractivity contribution in [3.05, 3.63) is 42.0 Å². The van der Waals surface area contributed by atoms with E-state index < -0.39 is 0 Å². The fraction of sp³-hybridized carbons (Fsp3) is 0.412. The van der Waals surface area contributed by atoms with Gasteiger partial charge in [0.15, 0.2) is 0 Å². The molecule has 1 saturated heterocycles. The van der Waals surface area contributed by atoms with Crippen LogP contribution in [0.25, 0.3) is 10.8 Å². The number of benzene rings is 2. The van der Waals surface area contributed by atoms with Crippen molar-refractivity contribution in [2.45, 2.75) is 19.0 Å². The van der Waals surface area contributed by atoms with Gasteiger partial charge < -0.3 is 10.1 Å². The molecule has 0 aliphatic carbocycles. The first-order chi connectivity index (χ1) is 9.81. The summed E-state index contributed by atoms with van der Waals surface area (Å²) in [7, 11) is 3.81. The summed E-state index contributed by atoms with van der Waals surface area (Å²) < 4.78 is 5.57. The van der Waals surface area contributed by atoms with Gasteiger partial charge in [0.25, 0.3) is 0 Å². The molecule has 1 unspecified atom stereocenters. The number of halogens is 1. The zero-order chi connectivity index (χ0) is 13.9. The molecule has 0 aromatic heterocycles. The van der Waals surface area contributed by atoms with E-state index in [1.165, 1.54) is 22.8 Å². The lowest BCUT2D eigenvalue weighted by Crippen LogP contribution is -2.29. The van der Waals surface area contributed by atoms with Crippen LogP contribution < -0.4 is 10.1 Å². The summed E-state index contributed by atoms with van der Waals surface area (Å²) >= 11 is 0. The minimum absolute atomic E-state index is 0. The molecule has 1 aliphatic heterocycles. The number of likely N-dealkylation sites (tertiary alicyclic amines) is 1. The van der Waals surface area contributed by atoms with E-state index in [4.69, 9.17) is 4.74 Å². The summed E-state index contributed by atoms with van der Waals surface area (Å²) in [6.07, 6.45) is 1.23. The summed E-state index contributed by atoms with van der Waals surface area (Å²) in [6, 6.07) is 13.4. The largest absolute Gasteiger partial charge is 0.496 e. The molecule has 3 nitrogen and oxygen atoms in total. The van der Waals surface area contributed by atoms with Gasteiger partial charge in [0.2, 0.25) is 0 Å². The van der Waals surface area contributed by atoms with Gasteiger partial charge in [0, 0.05) is 31.2 Å². The van der Waals surface area contributed by atoms with Gasteiger partial charge in [0.1, 0.15) is 5.75 Å². The van der Waals surface area contributed by atoms with Crippen LogP contribution in [0.15, 0.2) is 36.4 Å². The highest BCUT2D eigenvalue weighted by atomic mass is 35.5. The first kappa shape index (κ1) is 16.1. The molecule has 3 rings (SSSR count). The summed E-state index contributed by atoms with van der Waals surface area (Å²) in [5.41, 5.74) is 1.31. The van der Waals surface area contributed by atoms with E-state index in [1.54, 1.807) is 7.11 Å². The van der Waals surface area contributed by atoms with Gasteiger partial charge in [-0.25, -0.2) is 0 Å². The molecule has 2 aromatic rings. The number of ether oxygens (including phenoxy) is 1. The molecular weight excluding hydrogens is 284 g/mol. The van der Waals surface area contributed by atoms with Gasteiger partial charge >= 0.3 is 0 Å². The molecule has 0 spiro atoms. The summed E-state index contributed by atoms with van der Waals surface area (Å²) in [6.45, 7) is 3.23. The van der Waals surface area contributed by atoms with Gasteiger partial charge in [-0.1, -0.05) is 30.3 Å². The zero-order valence-electron chi connectivity index (χ0n) is 12.6. The van der Waals surface area contributed by atoms with Crippen molar-refractivity contribution in [2.24, 2.45) is 0 Å². The molecule has 1 aliphatic rings. The Morgan fingerprint density at radius 2 is 2.05 bits per heavy atom. The topological polar surface area (TPSA) is 24.5 Å². The summed E-state index contributed by atoms with van der Waals surface area (Å²) in [5, 5.41) is 5.96. The normalized spacial score (nSPS) is 18.7. The van der Waals surface area contributed by atoms with E-state index in [9.17, 15) is 0 Å². The van der Waals surface area contributed by atoms with Gasteiger partial charge in [-0.2, -0.15) is 0 Å². The van der Waals surface area contributed by atoms with Crippen LogP contribution >= 0.6 is 12.4 Å². The maximum absolute atomic E-state index is 5.57. The monoisotopic (exact) mass is 306 g/mol. The maximum atomic E-state index is 5.57. The summed E-state index contributed by atoms with van der Waals surface area (Å²) in [4.78, 5) is 2.51. The van der Waals surface area contributed by atoms with Crippen molar-refractivity contribution in [1.29, 1.82) is 0 Å². The van der Waals surface area contributed by atoms with Crippen LogP contribution in [0.1, 0.15) is 12.0 Å². The third-order valence-corrected chi connectivity index (χ3v) is 4.28. The van der Waals surface area contributed by atoms with E-state index in [1.807, 2.05) is 7.05 Å². The van der Waals surface area contributed by atoms with Crippen molar-refractivity contribution in [3.63, 3.8) is 0 Å². The second kappa shape index (κ2) is 7.12. The lowest BCUT2D eigenvalue weighted by Gasteiger charge is -2.19. The van der Waals surface area contributed by atoms with Crippen LogP contribution in [-0.2, 0) is 6.54 Å². The Morgan fingerprint density at radius 1 is 1.24 bits per heavy atom. The minimum atomic E-state index is 0. The Hall–Kier alpha value is -1.29. The molecule has 1 atom stereocenters. The van der Waals surface area contributed by atoms with E-state index in [0.29, 0.717) is 6.04 Å². The second-order valence-corrected chi connectivity index (χ2v) is 5.48. The van der Waals surface area contributed by atoms with Gasteiger partial charge in [-0.15, -0.1) is 12.4 Å². The Kier molecular flexibility index (Phi) is 5.45. The van der Waals surface area contributed by atoms with Gasteiger partial charge in [-0.05, 0) is 30.3 Å². The smallest absolute Gasteiger partial charge is 0.123 e. The predicted octanol–water partition coefficient (Wildman–Crippen LogP) is 3.06. The van der Waals surface area contributed by atoms with Crippen LogP contribution in [0.5, 0.6) is 5.75 Å². The van der Waals surface area contributed by atoms with Gasteiger partial charge in [0.05, 0.1) is 7.11 Å². The lowest BCUT2D eigenvalue weighted by atomic mass is 10.0. The Morgan fingerprint density at radius 3 is 2.76 bits per heavy atom. The van der Waals surface area contributed by atoms with Gasteiger partial charge in [-0.3, -0.25) is 4.90 Å². The van der Waals surface area contributed by atoms with Crippen molar-refractivity contribution in [2.75, 3.05) is 27.2 Å². The van der Waals surface area contributed by atoms with Crippen molar-refractivity contribution >= 4 is 23.2 Å². The van der Waals surface area contributed by atoms with Crippen LogP contribution in [0.2, 0.25) is 0 Å². The molecule has 1 N–H and O–H groups in total. The van der Waals surface area contributed by atoms with Crippen molar-refractivity contribution < 1.29 is 4.74 Å².